The van der Waals surface area contributed by atoms with Crippen molar-refractivity contribution in [1.29, 1.82) is 0 Å². The van der Waals surface area contributed by atoms with Crippen LogP contribution in [0.5, 0.6) is 0 Å². The summed E-state index contributed by atoms with van der Waals surface area (Å²) in [6.07, 6.45) is 5.72. The first-order chi connectivity index (χ1) is 8.22. The van der Waals surface area contributed by atoms with E-state index in [1.807, 2.05) is 11.8 Å². The minimum Gasteiger partial charge on any atom is -0.292 e. The Morgan fingerprint density at radius 1 is 1.35 bits per heavy atom. The molecule has 2 bridgehead atoms. The molecule has 17 heavy (non-hydrogen) atoms. The first-order valence-corrected chi connectivity index (χ1v) is 6.98. The second-order valence-electron chi connectivity index (χ2n) is 4.85. The summed E-state index contributed by atoms with van der Waals surface area (Å²) < 4.78 is 13.1. The second-order valence-corrected chi connectivity index (χ2v) is 6.45. The van der Waals surface area contributed by atoms with Gasteiger partial charge in [0, 0.05) is 28.7 Å². The summed E-state index contributed by atoms with van der Waals surface area (Å²) in [5, 5.41) is 1.27. The van der Waals surface area contributed by atoms with Gasteiger partial charge in [-0.05, 0) is 31.7 Å². The van der Waals surface area contributed by atoms with Gasteiger partial charge in [0.05, 0.1) is 0 Å². The highest BCUT2D eigenvalue weighted by atomic mass is 32.2. The minimum atomic E-state index is -0.378. The molecule has 0 aliphatic carbocycles. The Balaban J connectivity index is 1.78. The van der Waals surface area contributed by atoms with Crippen LogP contribution >= 0.6 is 11.8 Å². The van der Waals surface area contributed by atoms with E-state index in [0.29, 0.717) is 16.2 Å². The summed E-state index contributed by atoms with van der Waals surface area (Å²) in [6, 6.07) is 2.53. The lowest BCUT2D eigenvalue weighted by atomic mass is 9.92. The molecule has 2 fully saturated rings. The zero-order chi connectivity index (χ0) is 11.8. The first kappa shape index (κ1) is 11.2. The van der Waals surface area contributed by atoms with Gasteiger partial charge in [-0.15, -0.1) is 0 Å². The summed E-state index contributed by atoms with van der Waals surface area (Å²) >= 11 is 2.03. The lowest BCUT2D eigenvalue weighted by Crippen LogP contribution is -2.25. The average molecular weight is 251 g/mol. The second kappa shape index (κ2) is 4.41. The minimum absolute atomic E-state index is 0.0294. The monoisotopic (exact) mass is 251 g/mol. The van der Waals surface area contributed by atoms with Crippen molar-refractivity contribution >= 4 is 17.5 Å². The van der Waals surface area contributed by atoms with E-state index in [1.165, 1.54) is 31.2 Å². The standard InChI is InChI=1S/C13H14FNOS/c14-9-3-4-15-12(7-9)13(16)8-5-10-1-2-11(6-8)17-10/h3-4,7-8,10-11H,1-2,5-6H2. The van der Waals surface area contributed by atoms with Crippen LogP contribution in [-0.2, 0) is 0 Å². The highest BCUT2D eigenvalue weighted by molar-refractivity contribution is 8.00. The Labute approximate surface area is 104 Å². The van der Waals surface area contributed by atoms with Gasteiger partial charge in [0.15, 0.2) is 5.78 Å². The number of hydrogen-bond donors (Lipinski definition) is 0. The summed E-state index contributed by atoms with van der Waals surface area (Å²) in [4.78, 5) is 16.2. The van der Waals surface area contributed by atoms with Crippen molar-refractivity contribution in [2.45, 2.75) is 36.2 Å². The fourth-order valence-electron chi connectivity index (χ4n) is 2.82. The van der Waals surface area contributed by atoms with E-state index in [4.69, 9.17) is 0 Å². The molecule has 3 heterocycles. The maximum atomic E-state index is 13.1. The van der Waals surface area contributed by atoms with Crippen molar-refractivity contribution < 1.29 is 9.18 Å². The van der Waals surface area contributed by atoms with E-state index in [2.05, 4.69) is 4.98 Å². The topological polar surface area (TPSA) is 30.0 Å². The van der Waals surface area contributed by atoms with Gasteiger partial charge in [0.25, 0.3) is 0 Å². The third kappa shape index (κ3) is 2.23. The molecule has 2 aliphatic rings. The average Bonchev–Trinajstić information content (AvgIpc) is 2.67. The van der Waals surface area contributed by atoms with E-state index < -0.39 is 0 Å². The number of halogens is 1. The van der Waals surface area contributed by atoms with Crippen molar-refractivity contribution in [2.24, 2.45) is 5.92 Å². The van der Waals surface area contributed by atoms with Crippen LogP contribution in [0, 0.1) is 11.7 Å². The molecule has 0 N–H and O–H groups in total. The van der Waals surface area contributed by atoms with Crippen LogP contribution in [0.1, 0.15) is 36.2 Å². The summed E-state index contributed by atoms with van der Waals surface area (Å²) in [5.74, 6) is -0.291. The molecule has 1 aromatic rings. The maximum absolute atomic E-state index is 13.1. The quantitative estimate of drug-likeness (QED) is 0.757. The summed E-state index contributed by atoms with van der Waals surface area (Å²) in [6.45, 7) is 0. The van der Waals surface area contributed by atoms with Gasteiger partial charge in [-0.25, -0.2) is 4.39 Å². The summed E-state index contributed by atoms with van der Waals surface area (Å²) in [5.41, 5.74) is 0.293. The molecule has 0 saturated carbocycles. The van der Waals surface area contributed by atoms with Crippen molar-refractivity contribution in [1.82, 2.24) is 4.98 Å². The number of rotatable bonds is 2. The number of hydrogen-bond acceptors (Lipinski definition) is 3. The highest BCUT2D eigenvalue weighted by Crippen LogP contribution is 2.46. The van der Waals surface area contributed by atoms with E-state index in [0.717, 1.165) is 12.8 Å². The number of thioether (sulfide) groups is 1. The van der Waals surface area contributed by atoms with Crippen LogP contribution in [0.25, 0.3) is 0 Å². The summed E-state index contributed by atoms with van der Waals surface area (Å²) in [7, 11) is 0. The van der Waals surface area contributed by atoms with Crippen LogP contribution in [0.3, 0.4) is 0 Å². The number of carbonyl (C=O) groups is 1. The normalized spacial score (nSPS) is 31.5. The Morgan fingerprint density at radius 3 is 2.71 bits per heavy atom. The van der Waals surface area contributed by atoms with Crippen molar-refractivity contribution in [2.75, 3.05) is 0 Å². The molecule has 1 aromatic heterocycles. The predicted octanol–water partition coefficient (Wildman–Crippen LogP) is 3.08. The van der Waals surface area contributed by atoms with E-state index >= 15 is 0 Å². The van der Waals surface area contributed by atoms with Gasteiger partial charge >= 0.3 is 0 Å². The Kier molecular flexibility index (Phi) is 2.90. The molecule has 0 amide bonds. The Hall–Kier alpha value is -0.900. The van der Waals surface area contributed by atoms with Gasteiger partial charge in [0.1, 0.15) is 11.5 Å². The van der Waals surface area contributed by atoms with Crippen LogP contribution in [0.2, 0.25) is 0 Å². The van der Waals surface area contributed by atoms with Crippen LogP contribution < -0.4 is 0 Å². The molecule has 0 aromatic carbocycles. The smallest absolute Gasteiger partial charge is 0.184 e. The van der Waals surface area contributed by atoms with Crippen LogP contribution in [0.15, 0.2) is 18.3 Å². The number of Topliss-reactive ketones (excluding diaryl/α,β-unsaturated/α-hetero) is 1. The molecule has 4 heteroatoms. The molecule has 0 spiro atoms. The molecule has 90 valence electrons. The van der Waals surface area contributed by atoms with Crippen LogP contribution in [0.4, 0.5) is 4.39 Å². The van der Waals surface area contributed by atoms with Gasteiger partial charge in [-0.1, -0.05) is 0 Å². The lowest BCUT2D eigenvalue weighted by Gasteiger charge is -2.25. The molecule has 2 nitrogen and oxygen atoms in total. The first-order valence-electron chi connectivity index (χ1n) is 6.03. The zero-order valence-corrected chi connectivity index (χ0v) is 10.3. The maximum Gasteiger partial charge on any atom is 0.184 e. The number of fused-ring (bicyclic) bond motifs is 2. The van der Waals surface area contributed by atoms with E-state index in [-0.39, 0.29) is 17.5 Å². The van der Waals surface area contributed by atoms with Gasteiger partial charge in [-0.2, -0.15) is 11.8 Å². The van der Waals surface area contributed by atoms with Crippen molar-refractivity contribution in [3.8, 4) is 0 Å². The lowest BCUT2D eigenvalue weighted by molar-refractivity contribution is 0.0901. The van der Waals surface area contributed by atoms with Gasteiger partial charge < -0.3 is 0 Å². The molecule has 3 rings (SSSR count). The molecule has 2 atom stereocenters. The molecule has 0 radical (unpaired) electrons. The number of pyridine rings is 1. The molecular weight excluding hydrogens is 237 g/mol. The highest BCUT2D eigenvalue weighted by Gasteiger charge is 2.38. The van der Waals surface area contributed by atoms with E-state index in [1.54, 1.807) is 0 Å². The van der Waals surface area contributed by atoms with Crippen molar-refractivity contribution in [3.63, 3.8) is 0 Å². The molecule has 2 unspecified atom stereocenters. The molecule has 2 saturated heterocycles. The Bertz CT molecular complexity index is 439. The fraction of sp³-hybridized carbons (Fsp3) is 0.538. The van der Waals surface area contributed by atoms with Gasteiger partial charge in [-0.3, -0.25) is 9.78 Å². The van der Waals surface area contributed by atoms with Crippen molar-refractivity contribution in [3.05, 3.63) is 29.8 Å². The Morgan fingerprint density at radius 2 is 2.06 bits per heavy atom. The number of nitrogens with zero attached hydrogens (tertiary/aromatic N) is 1. The molecular formula is C13H14FNOS. The SMILES string of the molecule is O=C(c1cc(F)ccn1)C1CC2CCC(C1)S2. The number of ketones is 1. The van der Waals surface area contributed by atoms with Crippen LogP contribution in [-0.4, -0.2) is 21.3 Å². The fourth-order valence-corrected chi connectivity index (χ4v) is 4.60. The third-order valence-corrected chi connectivity index (χ3v) is 5.26. The van der Waals surface area contributed by atoms with E-state index in [9.17, 15) is 9.18 Å². The number of carbonyl (C=O) groups excluding carboxylic acids is 1. The number of aromatic nitrogens is 1. The third-order valence-electron chi connectivity index (χ3n) is 3.64. The molecule has 2 aliphatic heterocycles. The predicted molar refractivity (Wildman–Crippen MR) is 65.7 cm³/mol. The largest absolute Gasteiger partial charge is 0.292 e. The van der Waals surface area contributed by atoms with Gasteiger partial charge in [0.2, 0.25) is 0 Å². The zero-order valence-electron chi connectivity index (χ0n) is 9.43.